The second-order valence-corrected chi connectivity index (χ2v) is 10.2. The zero-order valence-corrected chi connectivity index (χ0v) is 19.5. The summed E-state index contributed by atoms with van der Waals surface area (Å²) in [7, 11) is 0. The largest absolute Gasteiger partial charge is 0.382 e. The summed E-state index contributed by atoms with van der Waals surface area (Å²) in [6.07, 6.45) is 7.00. The lowest BCUT2D eigenvalue weighted by Crippen LogP contribution is -2.43. The number of anilines is 1. The van der Waals surface area contributed by atoms with E-state index in [0.717, 1.165) is 51.3 Å². The van der Waals surface area contributed by atoms with E-state index >= 15 is 0 Å². The Morgan fingerprint density at radius 3 is 2.39 bits per heavy atom. The molecule has 1 aliphatic rings. The van der Waals surface area contributed by atoms with Gasteiger partial charge in [-0.15, -0.1) is 22.7 Å². The fourth-order valence-corrected chi connectivity index (χ4v) is 5.71. The van der Waals surface area contributed by atoms with Gasteiger partial charge in [-0.1, -0.05) is 0 Å². The minimum absolute atomic E-state index is 0.00438. The van der Waals surface area contributed by atoms with Gasteiger partial charge < -0.3 is 16.0 Å². The molecule has 0 saturated heterocycles. The van der Waals surface area contributed by atoms with Crippen molar-refractivity contribution in [3.63, 3.8) is 0 Å². The molecule has 2 amide bonds. The van der Waals surface area contributed by atoms with Crippen LogP contribution in [0.4, 0.5) is 5.69 Å². The second kappa shape index (κ2) is 9.32. The molecular formula is C22H27N5O2S2. The summed E-state index contributed by atoms with van der Waals surface area (Å²) in [4.78, 5) is 36.3. The van der Waals surface area contributed by atoms with Crippen molar-refractivity contribution in [2.45, 2.75) is 64.6 Å². The van der Waals surface area contributed by atoms with Crippen LogP contribution in [0, 0.1) is 0 Å². The second-order valence-electron chi connectivity index (χ2n) is 8.26. The summed E-state index contributed by atoms with van der Waals surface area (Å²) in [6.45, 7) is 5.67. The highest BCUT2D eigenvalue weighted by Gasteiger charge is 2.25. The molecule has 3 aromatic rings. The first kappa shape index (κ1) is 21.7. The molecule has 0 aromatic carbocycles. The van der Waals surface area contributed by atoms with Crippen LogP contribution in [0.1, 0.15) is 56.8 Å². The molecule has 0 atom stereocenters. The van der Waals surface area contributed by atoms with Crippen molar-refractivity contribution in [1.29, 1.82) is 0 Å². The maximum Gasteiger partial charge on any atom is 0.255 e. The predicted molar refractivity (Wildman–Crippen MR) is 127 cm³/mol. The van der Waals surface area contributed by atoms with Crippen molar-refractivity contribution in [3.8, 4) is 9.75 Å². The van der Waals surface area contributed by atoms with Gasteiger partial charge in [-0.3, -0.25) is 14.6 Å². The van der Waals surface area contributed by atoms with E-state index in [1.165, 1.54) is 0 Å². The quantitative estimate of drug-likeness (QED) is 0.509. The van der Waals surface area contributed by atoms with E-state index in [2.05, 4.69) is 45.8 Å². The van der Waals surface area contributed by atoms with Crippen molar-refractivity contribution >= 4 is 50.4 Å². The van der Waals surface area contributed by atoms with Gasteiger partial charge >= 0.3 is 0 Å². The van der Waals surface area contributed by atoms with Gasteiger partial charge in [0.05, 0.1) is 21.6 Å². The first-order chi connectivity index (χ1) is 14.9. The number of nitrogens with one attached hydrogen (secondary N) is 3. The van der Waals surface area contributed by atoms with Crippen LogP contribution in [0.15, 0.2) is 24.0 Å². The topological polar surface area (TPSA) is 96.0 Å². The summed E-state index contributed by atoms with van der Waals surface area (Å²) in [6, 6.07) is 2.59. The van der Waals surface area contributed by atoms with Gasteiger partial charge in [0.15, 0.2) is 0 Å². The van der Waals surface area contributed by atoms with Crippen LogP contribution < -0.4 is 16.0 Å². The Morgan fingerprint density at radius 1 is 1.06 bits per heavy atom. The summed E-state index contributed by atoms with van der Waals surface area (Å²) >= 11 is 3.20. The zero-order chi connectivity index (χ0) is 22.0. The Kier molecular flexibility index (Phi) is 6.52. The van der Waals surface area contributed by atoms with Crippen molar-refractivity contribution in [2.24, 2.45) is 0 Å². The Balaban J connectivity index is 1.56. The maximum atomic E-state index is 13.2. The number of fused-ring (bicyclic) bond motifs is 1. The van der Waals surface area contributed by atoms with Gasteiger partial charge in [-0.25, -0.2) is 4.98 Å². The summed E-state index contributed by atoms with van der Waals surface area (Å²) in [5.74, 6) is -0.101. The zero-order valence-electron chi connectivity index (χ0n) is 17.9. The van der Waals surface area contributed by atoms with Gasteiger partial charge in [0.1, 0.15) is 4.83 Å². The minimum atomic E-state index is -0.105. The van der Waals surface area contributed by atoms with E-state index < -0.39 is 0 Å². The van der Waals surface area contributed by atoms with Gasteiger partial charge in [0, 0.05) is 47.7 Å². The molecule has 0 bridgehead atoms. The normalized spacial score (nSPS) is 18.8. The van der Waals surface area contributed by atoms with Crippen LogP contribution in [0.3, 0.4) is 0 Å². The molecule has 0 aliphatic heterocycles. The number of rotatable bonds is 6. The van der Waals surface area contributed by atoms with E-state index in [4.69, 9.17) is 0 Å². The molecule has 0 unspecified atom stereocenters. The SMILES string of the molecule is CC(=O)NC1CCC(NC(=O)c2cnc3sc(-c4cncs4)cc3c2NC(C)C)CC1. The molecule has 3 aromatic heterocycles. The van der Waals surface area contributed by atoms with Gasteiger partial charge in [-0.05, 0) is 45.6 Å². The third-order valence-electron chi connectivity index (χ3n) is 5.38. The number of aromatic nitrogens is 2. The highest BCUT2D eigenvalue weighted by Crippen LogP contribution is 2.39. The molecule has 9 heteroatoms. The fraction of sp³-hybridized carbons (Fsp3) is 0.455. The molecule has 0 spiro atoms. The van der Waals surface area contributed by atoms with Gasteiger partial charge in [-0.2, -0.15) is 0 Å². The average molecular weight is 458 g/mol. The average Bonchev–Trinajstić information content (AvgIpc) is 3.38. The summed E-state index contributed by atoms with van der Waals surface area (Å²) in [5, 5.41) is 10.6. The van der Waals surface area contributed by atoms with Crippen LogP contribution in [0.5, 0.6) is 0 Å². The number of carbonyl (C=O) groups excluding carboxylic acids is 2. The van der Waals surface area contributed by atoms with E-state index in [1.54, 1.807) is 35.8 Å². The third kappa shape index (κ3) is 5.04. The Labute approximate surface area is 189 Å². The number of amides is 2. The lowest BCUT2D eigenvalue weighted by Gasteiger charge is -2.29. The van der Waals surface area contributed by atoms with E-state index in [1.807, 2.05) is 11.7 Å². The molecule has 31 heavy (non-hydrogen) atoms. The molecule has 1 saturated carbocycles. The summed E-state index contributed by atoms with van der Waals surface area (Å²) in [5.41, 5.74) is 3.22. The lowest BCUT2D eigenvalue weighted by atomic mass is 9.91. The van der Waals surface area contributed by atoms with E-state index in [9.17, 15) is 9.59 Å². The predicted octanol–water partition coefficient (Wildman–Crippen LogP) is 4.42. The number of carbonyl (C=O) groups is 2. The highest BCUT2D eigenvalue weighted by molar-refractivity contribution is 7.25. The molecule has 3 N–H and O–H groups in total. The number of thiazole rings is 1. The smallest absolute Gasteiger partial charge is 0.255 e. The summed E-state index contributed by atoms with van der Waals surface area (Å²) < 4.78 is 0. The first-order valence-electron chi connectivity index (χ1n) is 10.6. The highest BCUT2D eigenvalue weighted by atomic mass is 32.1. The molecular weight excluding hydrogens is 430 g/mol. The van der Waals surface area contributed by atoms with Crippen LogP contribution in [-0.2, 0) is 4.79 Å². The standard InChI is InChI=1S/C22H27N5O2S2/c1-12(2)25-20-16-8-18(19-10-23-11-30-19)31-22(16)24-9-17(20)21(29)27-15-6-4-14(5-7-15)26-13(3)28/h8-12,14-15H,4-7H2,1-3H3,(H,24,25)(H,26,28)(H,27,29). The number of thiophene rings is 1. The molecule has 1 fully saturated rings. The van der Waals surface area contributed by atoms with Crippen molar-refractivity contribution in [1.82, 2.24) is 20.6 Å². The number of hydrogen-bond acceptors (Lipinski definition) is 7. The van der Waals surface area contributed by atoms with Crippen LogP contribution >= 0.6 is 22.7 Å². The number of pyridine rings is 1. The molecule has 1 aliphatic carbocycles. The molecule has 3 heterocycles. The van der Waals surface area contributed by atoms with Gasteiger partial charge in [0.2, 0.25) is 5.91 Å². The van der Waals surface area contributed by atoms with Crippen LogP contribution in [0.2, 0.25) is 0 Å². The molecule has 7 nitrogen and oxygen atoms in total. The Bertz CT molecular complexity index is 1070. The fourth-order valence-electron chi connectivity index (χ4n) is 4.00. The molecule has 0 radical (unpaired) electrons. The Morgan fingerprint density at radius 2 is 1.77 bits per heavy atom. The molecule has 4 rings (SSSR count). The van der Waals surface area contributed by atoms with Crippen molar-refractivity contribution in [3.05, 3.63) is 29.5 Å². The minimum Gasteiger partial charge on any atom is -0.382 e. The van der Waals surface area contributed by atoms with E-state index in [0.29, 0.717) is 5.56 Å². The number of hydrogen-bond donors (Lipinski definition) is 3. The van der Waals surface area contributed by atoms with Gasteiger partial charge in [0.25, 0.3) is 5.91 Å². The van der Waals surface area contributed by atoms with Crippen LogP contribution in [-0.4, -0.2) is 39.9 Å². The maximum absolute atomic E-state index is 13.2. The van der Waals surface area contributed by atoms with E-state index in [-0.39, 0.29) is 29.9 Å². The van der Waals surface area contributed by atoms with Crippen molar-refractivity contribution in [2.75, 3.05) is 5.32 Å². The monoisotopic (exact) mass is 457 g/mol. The van der Waals surface area contributed by atoms with Crippen LogP contribution in [0.25, 0.3) is 20.0 Å². The lowest BCUT2D eigenvalue weighted by molar-refractivity contribution is -0.119. The third-order valence-corrected chi connectivity index (χ3v) is 7.40. The Hall–Kier alpha value is -2.52. The molecule has 164 valence electrons. The first-order valence-corrected chi connectivity index (χ1v) is 12.3. The van der Waals surface area contributed by atoms with Crippen molar-refractivity contribution < 1.29 is 9.59 Å². The number of nitrogens with zero attached hydrogens (tertiary/aromatic N) is 2.